The largest absolute Gasteiger partial charge is 0.394 e. The zero-order valence-corrected chi connectivity index (χ0v) is 10.2. The van der Waals surface area contributed by atoms with Crippen LogP contribution in [0, 0.1) is 0 Å². The van der Waals surface area contributed by atoms with Gasteiger partial charge in [-0.05, 0) is 19.1 Å². The number of nitrogen functional groups attached to an aromatic ring is 1. The van der Waals surface area contributed by atoms with E-state index in [1.54, 1.807) is 10.9 Å². The smallest absolute Gasteiger partial charge is 0.174 e. The molecule has 17 heavy (non-hydrogen) atoms. The van der Waals surface area contributed by atoms with Crippen molar-refractivity contribution < 1.29 is 0 Å². The Morgan fingerprint density at radius 1 is 1.41 bits per heavy atom. The quantitative estimate of drug-likeness (QED) is 0.864. The zero-order valence-electron chi connectivity index (χ0n) is 10.2. The van der Waals surface area contributed by atoms with E-state index in [-0.39, 0.29) is 0 Å². The van der Waals surface area contributed by atoms with Gasteiger partial charge < -0.3 is 10.6 Å². The second kappa shape index (κ2) is 4.86. The van der Waals surface area contributed by atoms with Crippen LogP contribution < -0.4 is 10.6 Å². The molecule has 0 bridgehead atoms. The molecule has 2 aromatic rings. The third kappa shape index (κ3) is 2.55. The lowest BCUT2D eigenvalue weighted by molar-refractivity contribution is 0.730. The van der Waals surface area contributed by atoms with Crippen molar-refractivity contribution in [1.82, 2.24) is 14.8 Å². The number of aromatic nitrogens is 3. The van der Waals surface area contributed by atoms with Gasteiger partial charge >= 0.3 is 0 Å². The Labute approximate surface area is 101 Å². The highest BCUT2D eigenvalue weighted by Gasteiger charge is 2.12. The van der Waals surface area contributed by atoms with Crippen molar-refractivity contribution in [3.05, 3.63) is 36.3 Å². The van der Waals surface area contributed by atoms with Gasteiger partial charge in [0.15, 0.2) is 5.82 Å². The van der Waals surface area contributed by atoms with Crippen LogP contribution in [0.5, 0.6) is 0 Å². The first kappa shape index (κ1) is 11.4. The zero-order chi connectivity index (χ0) is 12.3. The van der Waals surface area contributed by atoms with E-state index in [2.05, 4.69) is 21.9 Å². The van der Waals surface area contributed by atoms with Crippen LogP contribution in [-0.4, -0.2) is 21.3 Å². The summed E-state index contributed by atoms with van der Waals surface area (Å²) in [6.07, 6.45) is 3.61. The average Bonchev–Trinajstić information content (AvgIpc) is 2.67. The van der Waals surface area contributed by atoms with Crippen molar-refractivity contribution in [2.45, 2.75) is 13.5 Å². The summed E-state index contributed by atoms with van der Waals surface area (Å²) in [5, 5.41) is 4.37. The van der Waals surface area contributed by atoms with Crippen LogP contribution in [-0.2, 0) is 13.6 Å². The monoisotopic (exact) mass is 231 g/mol. The second-order valence-corrected chi connectivity index (χ2v) is 3.92. The Morgan fingerprint density at radius 2 is 2.24 bits per heavy atom. The summed E-state index contributed by atoms with van der Waals surface area (Å²) in [4.78, 5) is 6.42. The van der Waals surface area contributed by atoms with Gasteiger partial charge in [-0.2, -0.15) is 5.10 Å². The van der Waals surface area contributed by atoms with Gasteiger partial charge in [0, 0.05) is 26.0 Å². The Balaban J connectivity index is 2.20. The Hall–Kier alpha value is -2.04. The molecule has 0 aliphatic heterocycles. The molecule has 0 saturated carbocycles. The standard InChI is InChI=1S/C12H17N5/c1-3-17(8-10-6-4-5-7-14-10)12-11(13)9-16(2)15-12/h4-7,9H,3,8,13H2,1-2H3. The number of hydrogen-bond donors (Lipinski definition) is 1. The maximum absolute atomic E-state index is 5.93. The fourth-order valence-electron chi connectivity index (χ4n) is 1.76. The lowest BCUT2D eigenvalue weighted by atomic mass is 10.3. The van der Waals surface area contributed by atoms with Crippen LogP contribution in [0.25, 0.3) is 0 Å². The van der Waals surface area contributed by atoms with Crippen LogP contribution in [0.4, 0.5) is 11.5 Å². The summed E-state index contributed by atoms with van der Waals surface area (Å²) in [6, 6.07) is 5.90. The minimum Gasteiger partial charge on any atom is -0.394 e. The molecule has 0 aliphatic carbocycles. The summed E-state index contributed by atoms with van der Waals surface area (Å²) < 4.78 is 1.73. The number of anilines is 2. The van der Waals surface area contributed by atoms with Crippen molar-refractivity contribution in [2.75, 3.05) is 17.2 Å². The van der Waals surface area contributed by atoms with Gasteiger partial charge in [-0.15, -0.1) is 0 Å². The molecule has 0 unspecified atom stereocenters. The van der Waals surface area contributed by atoms with E-state index in [0.29, 0.717) is 5.69 Å². The SMILES string of the molecule is CCN(Cc1ccccn1)c1nn(C)cc1N. The molecule has 0 amide bonds. The molecule has 2 rings (SSSR count). The maximum Gasteiger partial charge on any atom is 0.174 e. The molecule has 2 heterocycles. The predicted octanol–water partition coefficient (Wildman–Crippen LogP) is 1.42. The van der Waals surface area contributed by atoms with Gasteiger partial charge in [0.25, 0.3) is 0 Å². The van der Waals surface area contributed by atoms with Crippen molar-refractivity contribution in [1.29, 1.82) is 0 Å². The van der Waals surface area contributed by atoms with Gasteiger partial charge in [0.2, 0.25) is 0 Å². The summed E-state index contributed by atoms with van der Waals surface area (Å²) in [7, 11) is 1.87. The Bertz CT molecular complexity index is 477. The number of nitrogens with two attached hydrogens (primary N) is 1. The summed E-state index contributed by atoms with van der Waals surface area (Å²) in [6.45, 7) is 3.65. The van der Waals surface area contributed by atoms with E-state index >= 15 is 0 Å². The highest BCUT2D eigenvalue weighted by Crippen LogP contribution is 2.21. The van der Waals surface area contributed by atoms with E-state index in [1.807, 2.05) is 31.4 Å². The van der Waals surface area contributed by atoms with Crippen LogP contribution in [0.1, 0.15) is 12.6 Å². The molecular weight excluding hydrogens is 214 g/mol. The average molecular weight is 231 g/mol. The molecule has 5 heteroatoms. The molecule has 0 fully saturated rings. The number of rotatable bonds is 4. The second-order valence-electron chi connectivity index (χ2n) is 3.92. The van der Waals surface area contributed by atoms with Crippen LogP contribution in [0.3, 0.4) is 0 Å². The van der Waals surface area contributed by atoms with E-state index in [0.717, 1.165) is 24.6 Å². The lowest BCUT2D eigenvalue weighted by Gasteiger charge is -2.20. The van der Waals surface area contributed by atoms with Crippen molar-refractivity contribution >= 4 is 11.5 Å². The lowest BCUT2D eigenvalue weighted by Crippen LogP contribution is -2.24. The third-order valence-corrected chi connectivity index (χ3v) is 2.60. The van der Waals surface area contributed by atoms with E-state index in [4.69, 9.17) is 5.73 Å². The minimum absolute atomic E-state index is 0.699. The maximum atomic E-state index is 5.93. The van der Waals surface area contributed by atoms with Gasteiger partial charge in [0.05, 0.1) is 17.9 Å². The molecule has 0 aromatic carbocycles. The van der Waals surface area contributed by atoms with Crippen molar-refractivity contribution in [2.24, 2.45) is 7.05 Å². The molecule has 2 N–H and O–H groups in total. The van der Waals surface area contributed by atoms with Gasteiger partial charge in [-0.1, -0.05) is 6.07 Å². The van der Waals surface area contributed by atoms with E-state index < -0.39 is 0 Å². The van der Waals surface area contributed by atoms with Gasteiger partial charge in [-0.3, -0.25) is 9.67 Å². The molecule has 0 saturated heterocycles. The molecule has 0 spiro atoms. The summed E-state index contributed by atoms with van der Waals surface area (Å²) in [5.41, 5.74) is 7.64. The van der Waals surface area contributed by atoms with E-state index in [9.17, 15) is 0 Å². The Kier molecular flexibility index (Phi) is 3.27. The van der Waals surface area contributed by atoms with Crippen LogP contribution in [0.15, 0.2) is 30.6 Å². The van der Waals surface area contributed by atoms with Crippen LogP contribution >= 0.6 is 0 Å². The molecule has 2 aromatic heterocycles. The first-order chi connectivity index (χ1) is 8.20. The summed E-state index contributed by atoms with van der Waals surface area (Å²) in [5.74, 6) is 0.820. The summed E-state index contributed by atoms with van der Waals surface area (Å²) >= 11 is 0. The number of nitrogens with zero attached hydrogens (tertiary/aromatic N) is 4. The van der Waals surface area contributed by atoms with Gasteiger partial charge in [-0.25, -0.2) is 0 Å². The first-order valence-corrected chi connectivity index (χ1v) is 5.64. The minimum atomic E-state index is 0.699. The number of pyridine rings is 1. The molecule has 0 radical (unpaired) electrons. The molecular formula is C12H17N5. The number of aryl methyl sites for hydroxylation is 1. The van der Waals surface area contributed by atoms with E-state index in [1.165, 1.54) is 0 Å². The fourth-order valence-corrected chi connectivity index (χ4v) is 1.76. The first-order valence-electron chi connectivity index (χ1n) is 5.64. The molecule has 90 valence electrons. The molecule has 0 atom stereocenters. The highest BCUT2D eigenvalue weighted by molar-refractivity contribution is 5.61. The van der Waals surface area contributed by atoms with Crippen molar-refractivity contribution in [3.63, 3.8) is 0 Å². The third-order valence-electron chi connectivity index (χ3n) is 2.60. The fraction of sp³-hybridized carbons (Fsp3) is 0.333. The van der Waals surface area contributed by atoms with Gasteiger partial charge in [0.1, 0.15) is 0 Å². The normalized spacial score (nSPS) is 10.5. The predicted molar refractivity (Wildman–Crippen MR) is 68.6 cm³/mol. The van der Waals surface area contributed by atoms with Crippen LogP contribution in [0.2, 0.25) is 0 Å². The highest BCUT2D eigenvalue weighted by atomic mass is 15.3. The topological polar surface area (TPSA) is 60.0 Å². The van der Waals surface area contributed by atoms with Crippen molar-refractivity contribution in [3.8, 4) is 0 Å². The number of hydrogen-bond acceptors (Lipinski definition) is 4. The molecule has 5 nitrogen and oxygen atoms in total. The molecule has 0 aliphatic rings. The Morgan fingerprint density at radius 3 is 2.76 bits per heavy atom.